The predicted octanol–water partition coefficient (Wildman–Crippen LogP) is 2.12. The third-order valence-corrected chi connectivity index (χ3v) is 7.26. The number of amides is 2. The second kappa shape index (κ2) is 8.38. The van der Waals surface area contributed by atoms with Gasteiger partial charge in [0.05, 0.1) is 0 Å². The molecule has 1 aromatic rings. The van der Waals surface area contributed by atoms with Crippen LogP contribution in [0.2, 0.25) is 0 Å². The number of hydrogen-bond acceptors (Lipinski definition) is 6. The molecule has 0 aliphatic carbocycles. The highest BCUT2D eigenvalue weighted by atomic mass is 32.2. The summed E-state index contributed by atoms with van der Waals surface area (Å²) < 4.78 is 34.3. The molecular weight excluding hydrogens is 432 g/mol. The number of ether oxygens (including phenoxy) is 1. The molecule has 3 aliphatic rings. The predicted molar refractivity (Wildman–Crippen MR) is 119 cm³/mol. The summed E-state index contributed by atoms with van der Waals surface area (Å²) in [5, 5.41) is 3.10. The van der Waals surface area contributed by atoms with Gasteiger partial charge in [0, 0.05) is 31.2 Å². The summed E-state index contributed by atoms with van der Waals surface area (Å²) in [4.78, 5) is 29.0. The molecule has 2 amide bonds. The zero-order valence-electron chi connectivity index (χ0n) is 18.7. The zero-order valence-corrected chi connectivity index (χ0v) is 19.5. The van der Waals surface area contributed by atoms with Gasteiger partial charge in [-0.1, -0.05) is 12.1 Å². The molecule has 10 heteroatoms. The smallest absolute Gasteiger partial charge is 0.410 e. The van der Waals surface area contributed by atoms with Crippen LogP contribution in [0, 0.1) is 0 Å². The molecule has 174 valence electrons. The van der Waals surface area contributed by atoms with E-state index in [2.05, 4.69) is 9.71 Å². The van der Waals surface area contributed by atoms with E-state index in [-0.39, 0.29) is 22.9 Å². The second-order valence-electron chi connectivity index (χ2n) is 9.49. The number of piperidine rings is 1. The lowest BCUT2D eigenvalue weighted by molar-refractivity contribution is -0.125. The van der Waals surface area contributed by atoms with E-state index in [4.69, 9.17) is 4.74 Å². The molecule has 1 N–H and O–H groups in total. The molecule has 0 unspecified atom stereocenters. The van der Waals surface area contributed by atoms with E-state index in [9.17, 15) is 18.0 Å². The van der Waals surface area contributed by atoms with Gasteiger partial charge in [-0.05, 0) is 58.6 Å². The fourth-order valence-corrected chi connectivity index (χ4v) is 5.64. The number of likely N-dealkylation sites (tertiary alicyclic amines) is 2. The van der Waals surface area contributed by atoms with E-state index in [1.807, 2.05) is 25.7 Å². The fraction of sp³-hybridized carbons (Fsp3) is 0.591. The van der Waals surface area contributed by atoms with Crippen LogP contribution in [0.25, 0.3) is 0 Å². The average Bonchev–Trinajstić information content (AvgIpc) is 3.30. The van der Waals surface area contributed by atoms with Crippen LogP contribution >= 0.6 is 0 Å². The first-order valence-electron chi connectivity index (χ1n) is 11.0. The molecule has 0 radical (unpaired) electrons. The maximum Gasteiger partial charge on any atom is 0.410 e. The minimum absolute atomic E-state index is 0.0369. The number of fused-ring (bicyclic) bond motifs is 1. The SMILES string of the molecule is CC(C)(C)OC(=O)N1CCC(NC(=O)[C@@H]2CCCN2C2=NS(=O)(=O)c3ccccc32)CC1. The van der Waals surface area contributed by atoms with Crippen molar-refractivity contribution in [2.45, 2.75) is 69.0 Å². The number of amidine groups is 1. The number of carbonyl (C=O) groups is 2. The first kappa shape index (κ1) is 22.6. The number of hydrogen-bond donors (Lipinski definition) is 1. The van der Waals surface area contributed by atoms with Crippen molar-refractivity contribution in [3.63, 3.8) is 0 Å². The van der Waals surface area contributed by atoms with Gasteiger partial charge in [0.1, 0.15) is 16.5 Å². The van der Waals surface area contributed by atoms with Gasteiger partial charge < -0.3 is 19.9 Å². The number of benzene rings is 1. The Morgan fingerprint density at radius 2 is 1.78 bits per heavy atom. The topological polar surface area (TPSA) is 108 Å². The van der Waals surface area contributed by atoms with Gasteiger partial charge in [-0.25, -0.2) is 4.79 Å². The van der Waals surface area contributed by atoms with Gasteiger partial charge >= 0.3 is 6.09 Å². The van der Waals surface area contributed by atoms with Crippen molar-refractivity contribution in [3.8, 4) is 0 Å². The van der Waals surface area contributed by atoms with Crippen LogP contribution in [0.3, 0.4) is 0 Å². The van der Waals surface area contributed by atoms with Gasteiger partial charge in [-0.2, -0.15) is 8.42 Å². The Morgan fingerprint density at radius 1 is 1.09 bits per heavy atom. The quantitative estimate of drug-likeness (QED) is 0.721. The van der Waals surface area contributed by atoms with Gasteiger partial charge in [0.15, 0.2) is 5.84 Å². The summed E-state index contributed by atoms with van der Waals surface area (Å²) >= 11 is 0. The van der Waals surface area contributed by atoms with Gasteiger partial charge in [-0.15, -0.1) is 4.40 Å². The van der Waals surface area contributed by atoms with E-state index in [0.29, 0.717) is 50.3 Å². The number of nitrogens with zero attached hydrogens (tertiary/aromatic N) is 3. The Labute approximate surface area is 188 Å². The molecule has 0 bridgehead atoms. The first-order chi connectivity index (χ1) is 15.0. The van der Waals surface area contributed by atoms with Crippen LogP contribution in [0.15, 0.2) is 33.6 Å². The van der Waals surface area contributed by atoms with E-state index in [1.54, 1.807) is 29.2 Å². The van der Waals surface area contributed by atoms with Crippen LogP contribution in [0.1, 0.15) is 52.0 Å². The summed E-state index contributed by atoms with van der Waals surface area (Å²) in [6.07, 6.45) is 2.40. The number of sulfonamides is 1. The molecule has 2 fully saturated rings. The lowest BCUT2D eigenvalue weighted by atomic mass is 10.0. The Morgan fingerprint density at radius 3 is 2.47 bits per heavy atom. The summed E-state index contributed by atoms with van der Waals surface area (Å²) in [5.74, 6) is 0.237. The Bertz CT molecular complexity index is 1040. The van der Waals surface area contributed by atoms with E-state index < -0.39 is 21.7 Å². The van der Waals surface area contributed by atoms with Crippen molar-refractivity contribution in [2.24, 2.45) is 4.40 Å². The van der Waals surface area contributed by atoms with E-state index in [0.717, 1.165) is 6.42 Å². The number of nitrogens with one attached hydrogen (secondary N) is 1. The highest BCUT2D eigenvalue weighted by Gasteiger charge is 2.40. The largest absolute Gasteiger partial charge is 0.444 e. The molecule has 3 heterocycles. The number of rotatable bonds is 2. The molecule has 0 spiro atoms. The standard InChI is InChI=1S/C22H30N4O5S/c1-22(2,3)31-21(28)25-13-10-15(11-14-25)23-20(27)17-8-6-12-26(17)19-16-7-4-5-9-18(16)32(29,30)24-19/h4-5,7,9,15,17H,6,8,10-14H2,1-3H3,(H,23,27)/t17-/m0/s1. The molecule has 2 saturated heterocycles. The maximum absolute atomic E-state index is 13.1. The normalized spacial score (nSPS) is 23.0. The monoisotopic (exact) mass is 462 g/mol. The average molecular weight is 463 g/mol. The third-order valence-electron chi connectivity index (χ3n) is 5.93. The summed E-state index contributed by atoms with van der Waals surface area (Å²) in [6, 6.07) is 6.23. The van der Waals surface area contributed by atoms with E-state index >= 15 is 0 Å². The Balaban J connectivity index is 1.38. The van der Waals surface area contributed by atoms with Crippen molar-refractivity contribution in [1.29, 1.82) is 0 Å². The van der Waals surface area contributed by atoms with Crippen molar-refractivity contribution in [2.75, 3.05) is 19.6 Å². The van der Waals surface area contributed by atoms with Crippen LogP contribution in [-0.4, -0.2) is 73.4 Å². The third kappa shape index (κ3) is 4.60. The van der Waals surface area contributed by atoms with Crippen molar-refractivity contribution in [1.82, 2.24) is 15.1 Å². The Kier molecular flexibility index (Phi) is 5.91. The molecule has 0 saturated carbocycles. The van der Waals surface area contributed by atoms with Crippen LogP contribution in [-0.2, 0) is 19.6 Å². The highest BCUT2D eigenvalue weighted by Crippen LogP contribution is 2.31. The highest BCUT2D eigenvalue weighted by molar-refractivity contribution is 7.90. The summed E-state index contributed by atoms with van der Waals surface area (Å²) in [5.41, 5.74) is 0.0150. The second-order valence-corrected chi connectivity index (χ2v) is 11.1. The fourth-order valence-electron chi connectivity index (χ4n) is 4.42. The van der Waals surface area contributed by atoms with Gasteiger partial charge in [0.25, 0.3) is 10.0 Å². The van der Waals surface area contributed by atoms with E-state index in [1.165, 1.54) is 0 Å². The molecular formula is C22H30N4O5S. The molecule has 4 rings (SSSR count). The van der Waals surface area contributed by atoms with Gasteiger partial charge in [-0.3, -0.25) is 4.79 Å². The minimum atomic E-state index is -3.73. The lowest BCUT2D eigenvalue weighted by Crippen LogP contribution is -2.52. The van der Waals surface area contributed by atoms with Crippen LogP contribution in [0.5, 0.6) is 0 Å². The summed E-state index contributed by atoms with van der Waals surface area (Å²) in [6.45, 7) is 7.13. The zero-order chi connectivity index (χ0) is 23.1. The van der Waals surface area contributed by atoms with Crippen LogP contribution < -0.4 is 5.32 Å². The molecule has 3 aliphatic heterocycles. The maximum atomic E-state index is 13.1. The van der Waals surface area contributed by atoms with Crippen molar-refractivity contribution < 1.29 is 22.7 Å². The molecule has 1 atom stereocenters. The summed E-state index contributed by atoms with van der Waals surface area (Å²) in [7, 11) is -3.73. The molecule has 9 nitrogen and oxygen atoms in total. The lowest BCUT2D eigenvalue weighted by Gasteiger charge is -2.34. The van der Waals surface area contributed by atoms with Crippen molar-refractivity contribution >= 4 is 27.9 Å². The van der Waals surface area contributed by atoms with Gasteiger partial charge in [0.2, 0.25) is 5.91 Å². The van der Waals surface area contributed by atoms with Crippen molar-refractivity contribution in [3.05, 3.63) is 29.8 Å². The molecule has 32 heavy (non-hydrogen) atoms. The molecule has 0 aromatic heterocycles. The number of carbonyl (C=O) groups excluding carboxylic acids is 2. The first-order valence-corrected chi connectivity index (χ1v) is 12.5. The van der Waals surface area contributed by atoms with Crippen LogP contribution in [0.4, 0.5) is 4.79 Å². The minimum Gasteiger partial charge on any atom is -0.444 e. The Hall–Kier alpha value is -2.62. The molecule has 1 aromatic carbocycles.